The van der Waals surface area contributed by atoms with E-state index in [0.717, 1.165) is 28.0 Å². The van der Waals surface area contributed by atoms with Gasteiger partial charge in [-0.1, -0.05) is 41.0 Å². The zero-order chi connectivity index (χ0) is 25.2. The van der Waals surface area contributed by atoms with Gasteiger partial charge in [-0.05, 0) is 54.0 Å². The standard InChI is InChI=1S/C26H26ClN5O4/c1-28-24(34)22(3-2-10-33)32-14-18-11-15(4-8-20(18)25(32)35)13-29-26-30-23(31-36-26)17-7-9-19(16-5-6-16)21(27)12-17/h4,7-12,16,22H,2-3,5-6,13-14H2,1H3,(H,28,34)(H,29,30,31). The molecule has 1 atom stereocenters. The van der Waals surface area contributed by atoms with Gasteiger partial charge in [0.05, 0.1) is 0 Å². The van der Waals surface area contributed by atoms with Crippen LogP contribution in [0.15, 0.2) is 40.9 Å². The van der Waals surface area contributed by atoms with Crippen LogP contribution in [0.5, 0.6) is 0 Å². The van der Waals surface area contributed by atoms with Crippen LogP contribution in [0.2, 0.25) is 5.02 Å². The van der Waals surface area contributed by atoms with E-state index in [2.05, 4.69) is 20.8 Å². The van der Waals surface area contributed by atoms with E-state index in [0.29, 0.717) is 30.4 Å². The summed E-state index contributed by atoms with van der Waals surface area (Å²) < 4.78 is 5.35. The van der Waals surface area contributed by atoms with E-state index in [1.54, 1.807) is 6.07 Å². The largest absolute Gasteiger partial charge is 0.357 e. The summed E-state index contributed by atoms with van der Waals surface area (Å²) in [7, 11) is 1.52. The summed E-state index contributed by atoms with van der Waals surface area (Å²) in [5, 5.41) is 10.5. The monoisotopic (exact) mass is 507 g/mol. The van der Waals surface area contributed by atoms with Gasteiger partial charge in [0.25, 0.3) is 5.91 Å². The Morgan fingerprint density at radius 2 is 2.11 bits per heavy atom. The Balaban J connectivity index is 1.24. The van der Waals surface area contributed by atoms with Crippen LogP contribution in [-0.2, 0) is 22.7 Å². The Morgan fingerprint density at radius 3 is 2.83 bits per heavy atom. The molecule has 0 radical (unpaired) electrons. The number of carbonyl (C=O) groups is 3. The molecular weight excluding hydrogens is 482 g/mol. The van der Waals surface area contributed by atoms with Crippen molar-refractivity contribution in [1.82, 2.24) is 20.4 Å². The number of halogens is 1. The van der Waals surface area contributed by atoms with Gasteiger partial charge in [0.2, 0.25) is 11.7 Å². The summed E-state index contributed by atoms with van der Waals surface area (Å²) >= 11 is 6.43. The van der Waals surface area contributed by atoms with E-state index in [4.69, 9.17) is 16.1 Å². The minimum absolute atomic E-state index is 0.205. The van der Waals surface area contributed by atoms with Crippen LogP contribution in [0.25, 0.3) is 11.4 Å². The fourth-order valence-electron chi connectivity index (χ4n) is 4.56. The number of benzene rings is 2. The quantitative estimate of drug-likeness (QED) is 0.399. The lowest BCUT2D eigenvalue weighted by Gasteiger charge is -2.25. The van der Waals surface area contributed by atoms with Gasteiger partial charge < -0.3 is 24.9 Å². The number of anilines is 1. The minimum atomic E-state index is -0.690. The molecule has 0 bridgehead atoms. The SMILES string of the molecule is CNC(=O)C(CCC=O)N1Cc2cc(CNc3nc(-c4ccc(C5CC5)c(Cl)c4)no3)ccc2C1=O. The molecule has 1 fully saturated rings. The highest BCUT2D eigenvalue weighted by molar-refractivity contribution is 6.31. The summed E-state index contributed by atoms with van der Waals surface area (Å²) in [4.78, 5) is 42.1. The van der Waals surface area contributed by atoms with Crippen LogP contribution < -0.4 is 10.6 Å². The molecule has 0 saturated heterocycles. The lowest BCUT2D eigenvalue weighted by atomic mass is 10.1. The Labute approximate surface area is 213 Å². The first kappa shape index (κ1) is 24.0. The third-order valence-electron chi connectivity index (χ3n) is 6.63. The summed E-state index contributed by atoms with van der Waals surface area (Å²) in [6.45, 7) is 0.718. The zero-order valence-electron chi connectivity index (χ0n) is 19.8. The molecule has 0 spiro atoms. The molecule has 1 aromatic heterocycles. The van der Waals surface area contributed by atoms with Crippen LogP contribution in [0.4, 0.5) is 6.01 Å². The molecule has 1 aliphatic heterocycles. The van der Waals surface area contributed by atoms with E-state index in [1.165, 1.54) is 30.4 Å². The fraction of sp³-hybridized carbons (Fsp3) is 0.346. The molecular formula is C26H26ClN5O4. The molecule has 10 heteroatoms. The van der Waals surface area contributed by atoms with Crippen LogP contribution >= 0.6 is 11.6 Å². The van der Waals surface area contributed by atoms with Crippen molar-refractivity contribution in [2.24, 2.45) is 0 Å². The second-order valence-electron chi connectivity index (χ2n) is 9.09. The molecule has 2 aliphatic rings. The van der Waals surface area contributed by atoms with Crippen molar-refractivity contribution in [2.75, 3.05) is 12.4 Å². The number of nitrogens with zero attached hydrogens (tertiary/aromatic N) is 3. The van der Waals surface area contributed by atoms with E-state index in [9.17, 15) is 14.4 Å². The zero-order valence-corrected chi connectivity index (χ0v) is 20.5. The van der Waals surface area contributed by atoms with E-state index in [1.807, 2.05) is 30.3 Å². The average molecular weight is 508 g/mol. The molecule has 2 aromatic carbocycles. The summed E-state index contributed by atoms with van der Waals surface area (Å²) in [5.41, 5.74) is 4.27. The third-order valence-corrected chi connectivity index (χ3v) is 6.96. The highest BCUT2D eigenvalue weighted by Gasteiger charge is 2.35. The average Bonchev–Trinajstić information content (AvgIpc) is 3.53. The predicted molar refractivity (Wildman–Crippen MR) is 134 cm³/mol. The normalized spacial score (nSPS) is 15.5. The second kappa shape index (κ2) is 10.1. The first-order valence-corrected chi connectivity index (χ1v) is 12.3. The molecule has 1 unspecified atom stereocenters. The maximum atomic E-state index is 12.9. The molecule has 2 N–H and O–H groups in total. The molecule has 36 heavy (non-hydrogen) atoms. The summed E-state index contributed by atoms with van der Waals surface area (Å²) in [6, 6.07) is 11.0. The van der Waals surface area contributed by atoms with Crippen molar-refractivity contribution in [2.45, 2.75) is 50.7 Å². The molecule has 9 nitrogen and oxygen atoms in total. The Bertz CT molecular complexity index is 1320. The summed E-state index contributed by atoms with van der Waals surface area (Å²) in [6.07, 6.45) is 3.61. The van der Waals surface area contributed by atoms with Gasteiger partial charge in [0.1, 0.15) is 12.3 Å². The van der Waals surface area contributed by atoms with E-state index in [-0.39, 0.29) is 30.7 Å². The van der Waals surface area contributed by atoms with Gasteiger partial charge in [0, 0.05) is 42.7 Å². The first-order chi connectivity index (χ1) is 17.5. The van der Waals surface area contributed by atoms with Crippen molar-refractivity contribution in [3.8, 4) is 11.4 Å². The maximum Gasteiger partial charge on any atom is 0.322 e. The number of hydrogen-bond acceptors (Lipinski definition) is 7. The third kappa shape index (κ3) is 4.83. The molecule has 3 aromatic rings. The number of amides is 2. The number of hydrogen-bond donors (Lipinski definition) is 2. The van der Waals surface area contributed by atoms with Gasteiger partial charge in [-0.15, -0.1) is 0 Å². The number of fused-ring (bicyclic) bond motifs is 1. The number of nitrogens with one attached hydrogen (secondary N) is 2. The van der Waals surface area contributed by atoms with E-state index >= 15 is 0 Å². The number of rotatable bonds is 10. The molecule has 2 heterocycles. The highest BCUT2D eigenvalue weighted by Crippen LogP contribution is 2.44. The number of aldehydes is 1. The molecule has 1 aliphatic carbocycles. The number of likely N-dealkylation sites (N-methyl/N-ethyl adjacent to an activating group) is 1. The van der Waals surface area contributed by atoms with E-state index < -0.39 is 6.04 Å². The lowest BCUT2D eigenvalue weighted by molar-refractivity contribution is -0.125. The Hall–Kier alpha value is -3.72. The molecule has 5 rings (SSSR count). The Morgan fingerprint density at radius 1 is 1.28 bits per heavy atom. The van der Waals surface area contributed by atoms with Gasteiger partial charge in [-0.2, -0.15) is 4.98 Å². The smallest absolute Gasteiger partial charge is 0.322 e. The van der Waals surface area contributed by atoms with Crippen LogP contribution in [0.3, 0.4) is 0 Å². The second-order valence-corrected chi connectivity index (χ2v) is 9.49. The minimum Gasteiger partial charge on any atom is -0.357 e. The number of aromatic nitrogens is 2. The van der Waals surface area contributed by atoms with Gasteiger partial charge in [-0.25, -0.2) is 0 Å². The van der Waals surface area contributed by atoms with Crippen LogP contribution in [0.1, 0.15) is 58.6 Å². The van der Waals surface area contributed by atoms with Crippen LogP contribution in [-0.4, -0.2) is 46.2 Å². The Kier molecular flexibility index (Phi) is 6.73. The molecule has 1 saturated carbocycles. The molecule has 186 valence electrons. The van der Waals surface area contributed by atoms with Gasteiger partial charge in [0.15, 0.2) is 0 Å². The van der Waals surface area contributed by atoms with Crippen molar-refractivity contribution < 1.29 is 18.9 Å². The van der Waals surface area contributed by atoms with Gasteiger partial charge >= 0.3 is 6.01 Å². The fourth-order valence-corrected chi connectivity index (χ4v) is 4.90. The van der Waals surface area contributed by atoms with Gasteiger partial charge in [-0.3, -0.25) is 9.59 Å². The maximum absolute atomic E-state index is 12.9. The van der Waals surface area contributed by atoms with Crippen molar-refractivity contribution >= 4 is 35.7 Å². The highest BCUT2D eigenvalue weighted by atomic mass is 35.5. The topological polar surface area (TPSA) is 117 Å². The summed E-state index contributed by atoms with van der Waals surface area (Å²) in [5.74, 6) is 0.523. The van der Waals surface area contributed by atoms with Crippen LogP contribution in [0, 0.1) is 0 Å². The van der Waals surface area contributed by atoms with Crippen molar-refractivity contribution in [1.29, 1.82) is 0 Å². The lowest BCUT2D eigenvalue weighted by Crippen LogP contribution is -2.46. The first-order valence-electron chi connectivity index (χ1n) is 11.9. The van der Waals surface area contributed by atoms with Crippen molar-refractivity contribution in [3.05, 3.63) is 63.7 Å². The number of carbonyl (C=O) groups excluding carboxylic acids is 3. The molecule has 2 amide bonds. The van der Waals surface area contributed by atoms with Crippen molar-refractivity contribution in [3.63, 3.8) is 0 Å². The predicted octanol–water partition coefficient (Wildman–Crippen LogP) is 3.93.